The van der Waals surface area contributed by atoms with Crippen molar-refractivity contribution >= 4 is 17.0 Å². The molecule has 2 atom stereocenters. The van der Waals surface area contributed by atoms with Gasteiger partial charge in [0.25, 0.3) is 0 Å². The van der Waals surface area contributed by atoms with Crippen LogP contribution in [-0.2, 0) is 6.54 Å². The van der Waals surface area contributed by atoms with Gasteiger partial charge in [0.2, 0.25) is 0 Å². The second kappa shape index (κ2) is 6.43. The fourth-order valence-corrected chi connectivity index (χ4v) is 3.87. The smallest absolute Gasteiger partial charge is 0.184 e. The minimum absolute atomic E-state index is 0.661. The third-order valence-electron chi connectivity index (χ3n) is 4.80. The molecule has 0 amide bonds. The summed E-state index contributed by atoms with van der Waals surface area (Å²) in [6, 6.07) is 10.3. The molecule has 1 aliphatic rings. The maximum absolute atomic E-state index is 4.71. The third kappa shape index (κ3) is 3.21. The highest BCUT2D eigenvalue weighted by Crippen LogP contribution is 2.29. The maximum atomic E-state index is 4.71. The van der Waals surface area contributed by atoms with Gasteiger partial charge in [-0.05, 0) is 30.7 Å². The van der Waals surface area contributed by atoms with Gasteiger partial charge in [0.05, 0.1) is 6.54 Å². The molecule has 0 saturated carbocycles. The van der Waals surface area contributed by atoms with Gasteiger partial charge >= 0.3 is 0 Å². The fraction of sp³-hybridized carbons (Fsp3) is 0.474. The molecule has 130 valence electrons. The number of benzene rings is 1. The number of fused-ring (bicyclic) bond motifs is 1. The van der Waals surface area contributed by atoms with Gasteiger partial charge in [0.1, 0.15) is 5.82 Å². The lowest BCUT2D eigenvalue weighted by molar-refractivity contribution is 0.355. The van der Waals surface area contributed by atoms with Crippen LogP contribution in [0, 0.1) is 18.8 Å². The zero-order valence-corrected chi connectivity index (χ0v) is 15.1. The van der Waals surface area contributed by atoms with Crippen LogP contribution in [0.4, 0.5) is 5.82 Å². The molecule has 1 saturated heterocycles. The molecule has 2 aromatic heterocycles. The molecule has 4 rings (SSSR count). The van der Waals surface area contributed by atoms with E-state index in [-0.39, 0.29) is 0 Å². The van der Waals surface area contributed by atoms with Crippen LogP contribution in [0.3, 0.4) is 0 Å². The van der Waals surface area contributed by atoms with Gasteiger partial charge in [-0.15, -0.1) is 5.10 Å². The van der Waals surface area contributed by atoms with Crippen molar-refractivity contribution in [3.63, 3.8) is 0 Å². The maximum Gasteiger partial charge on any atom is 0.184 e. The molecule has 0 N–H and O–H groups in total. The molecule has 0 spiro atoms. The average molecular weight is 336 g/mol. The minimum atomic E-state index is 0.661. The largest absolute Gasteiger partial charge is 0.354 e. The summed E-state index contributed by atoms with van der Waals surface area (Å²) in [5, 5.41) is 8.79. The number of piperidine rings is 1. The van der Waals surface area contributed by atoms with Gasteiger partial charge < -0.3 is 4.90 Å². The van der Waals surface area contributed by atoms with Crippen LogP contribution in [-0.4, -0.2) is 38.1 Å². The molecule has 0 unspecified atom stereocenters. The number of hydrogen-bond donors (Lipinski definition) is 0. The van der Waals surface area contributed by atoms with Gasteiger partial charge in [-0.3, -0.25) is 0 Å². The topological polar surface area (TPSA) is 59.7 Å². The standard InChI is InChI=1S/C19H24N6/c1-13-9-14(2)11-24(10-13)18-17-19(21-15(3)20-18)25(23-22-17)12-16-7-5-4-6-8-16/h4-8,13-14H,9-12H2,1-3H3/t13-,14-/m0/s1. The lowest BCUT2D eigenvalue weighted by atomic mass is 9.92. The van der Waals surface area contributed by atoms with Crippen molar-refractivity contribution in [3.8, 4) is 0 Å². The van der Waals surface area contributed by atoms with Crippen molar-refractivity contribution < 1.29 is 0 Å². The summed E-state index contributed by atoms with van der Waals surface area (Å²) in [4.78, 5) is 11.7. The van der Waals surface area contributed by atoms with E-state index < -0.39 is 0 Å². The molecule has 6 heteroatoms. The molecule has 3 aromatic rings. The Balaban J connectivity index is 1.74. The molecule has 1 aliphatic heterocycles. The van der Waals surface area contributed by atoms with Crippen LogP contribution in [0.15, 0.2) is 30.3 Å². The summed E-state index contributed by atoms with van der Waals surface area (Å²) >= 11 is 0. The Kier molecular flexibility index (Phi) is 4.11. The van der Waals surface area contributed by atoms with Crippen LogP contribution in [0.5, 0.6) is 0 Å². The van der Waals surface area contributed by atoms with E-state index in [4.69, 9.17) is 4.98 Å². The van der Waals surface area contributed by atoms with E-state index in [1.807, 2.05) is 29.8 Å². The molecule has 6 nitrogen and oxygen atoms in total. The lowest BCUT2D eigenvalue weighted by Gasteiger charge is -2.35. The Morgan fingerprint density at radius 3 is 2.48 bits per heavy atom. The Bertz CT molecular complexity index is 862. The van der Waals surface area contributed by atoms with E-state index in [9.17, 15) is 0 Å². The average Bonchev–Trinajstić information content (AvgIpc) is 2.97. The molecule has 0 aliphatic carbocycles. The van der Waals surface area contributed by atoms with Gasteiger partial charge in [0, 0.05) is 13.1 Å². The first kappa shape index (κ1) is 16.0. The highest BCUT2D eigenvalue weighted by molar-refractivity contribution is 5.83. The van der Waals surface area contributed by atoms with Crippen molar-refractivity contribution in [2.24, 2.45) is 11.8 Å². The Labute approximate surface area is 147 Å². The van der Waals surface area contributed by atoms with E-state index in [1.54, 1.807) is 0 Å². The van der Waals surface area contributed by atoms with E-state index in [0.717, 1.165) is 35.9 Å². The summed E-state index contributed by atoms with van der Waals surface area (Å²) in [5.74, 6) is 3.02. The summed E-state index contributed by atoms with van der Waals surface area (Å²) in [6.45, 7) is 9.25. The van der Waals surface area contributed by atoms with Gasteiger partial charge in [-0.1, -0.05) is 49.4 Å². The third-order valence-corrected chi connectivity index (χ3v) is 4.80. The summed E-state index contributed by atoms with van der Waals surface area (Å²) in [7, 11) is 0. The van der Waals surface area contributed by atoms with Gasteiger partial charge in [-0.25, -0.2) is 14.6 Å². The van der Waals surface area contributed by atoms with Gasteiger partial charge in [0.15, 0.2) is 17.0 Å². The number of aryl methyl sites for hydroxylation is 1. The minimum Gasteiger partial charge on any atom is -0.354 e. The monoisotopic (exact) mass is 336 g/mol. The predicted octanol–water partition coefficient (Wildman–Crippen LogP) is 3.06. The van der Waals surface area contributed by atoms with Crippen molar-refractivity contribution in [2.45, 2.75) is 33.7 Å². The molecule has 25 heavy (non-hydrogen) atoms. The molecule has 0 radical (unpaired) electrons. The zero-order valence-electron chi connectivity index (χ0n) is 15.1. The van der Waals surface area contributed by atoms with Crippen molar-refractivity contribution in [2.75, 3.05) is 18.0 Å². The summed E-state index contributed by atoms with van der Waals surface area (Å²) in [5.41, 5.74) is 2.81. The number of nitrogens with zero attached hydrogens (tertiary/aromatic N) is 6. The number of rotatable bonds is 3. The molecule has 3 heterocycles. The van der Waals surface area contributed by atoms with Crippen LogP contribution in [0.1, 0.15) is 31.7 Å². The van der Waals surface area contributed by atoms with Crippen LogP contribution < -0.4 is 4.90 Å². The SMILES string of the molecule is Cc1nc(N2C[C@@H](C)C[C@H](C)C2)c2nnn(Cc3ccccc3)c2n1. The van der Waals surface area contributed by atoms with Crippen molar-refractivity contribution in [1.82, 2.24) is 25.0 Å². The number of anilines is 1. The quantitative estimate of drug-likeness (QED) is 0.736. The van der Waals surface area contributed by atoms with E-state index in [2.05, 4.69) is 46.2 Å². The van der Waals surface area contributed by atoms with Crippen LogP contribution in [0.2, 0.25) is 0 Å². The van der Waals surface area contributed by atoms with Crippen molar-refractivity contribution in [3.05, 3.63) is 41.7 Å². The normalized spacial score (nSPS) is 21.0. The van der Waals surface area contributed by atoms with Crippen LogP contribution in [0.25, 0.3) is 11.2 Å². The predicted molar refractivity (Wildman–Crippen MR) is 98.6 cm³/mol. The molecule has 1 aromatic carbocycles. The Morgan fingerprint density at radius 2 is 1.76 bits per heavy atom. The highest BCUT2D eigenvalue weighted by atomic mass is 15.4. The molecular formula is C19H24N6. The van der Waals surface area contributed by atoms with E-state index >= 15 is 0 Å². The second-order valence-corrected chi connectivity index (χ2v) is 7.35. The first-order valence-corrected chi connectivity index (χ1v) is 8.97. The van der Waals surface area contributed by atoms with E-state index in [0.29, 0.717) is 18.4 Å². The first-order chi connectivity index (χ1) is 12.1. The zero-order chi connectivity index (χ0) is 17.4. The fourth-order valence-electron chi connectivity index (χ4n) is 3.87. The number of hydrogen-bond acceptors (Lipinski definition) is 5. The second-order valence-electron chi connectivity index (χ2n) is 7.35. The van der Waals surface area contributed by atoms with E-state index in [1.165, 1.54) is 12.0 Å². The molecule has 1 fully saturated rings. The Morgan fingerprint density at radius 1 is 1.04 bits per heavy atom. The summed E-state index contributed by atoms with van der Waals surface area (Å²) < 4.78 is 1.87. The molecule has 0 bridgehead atoms. The lowest BCUT2D eigenvalue weighted by Crippen LogP contribution is -2.39. The summed E-state index contributed by atoms with van der Waals surface area (Å²) in [6.07, 6.45) is 1.27. The van der Waals surface area contributed by atoms with Gasteiger partial charge in [-0.2, -0.15) is 0 Å². The highest BCUT2D eigenvalue weighted by Gasteiger charge is 2.26. The van der Waals surface area contributed by atoms with Crippen molar-refractivity contribution in [1.29, 1.82) is 0 Å². The first-order valence-electron chi connectivity index (χ1n) is 8.97. The molecular weight excluding hydrogens is 312 g/mol. The number of aromatic nitrogens is 5. The van der Waals surface area contributed by atoms with Crippen LogP contribution >= 0.6 is 0 Å². The Hall–Kier alpha value is -2.50.